The molecule has 3 aromatic rings. The number of nitrogens with zero attached hydrogens (tertiary/aromatic N) is 1. The highest BCUT2D eigenvalue weighted by Gasteiger charge is 2.50. The number of hydrogen-bond donors (Lipinski definition) is 1. The highest BCUT2D eigenvalue weighted by molar-refractivity contribution is 6.10. The molecule has 0 saturated heterocycles. The molecule has 1 N–H and O–H groups in total. The van der Waals surface area contributed by atoms with Crippen molar-refractivity contribution in [2.24, 2.45) is 0 Å². The molecular formula is C27H26FNO3. The van der Waals surface area contributed by atoms with Crippen molar-refractivity contribution in [1.29, 1.82) is 0 Å². The van der Waals surface area contributed by atoms with Gasteiger partial charge in [0.15, 0.2) is 11.4 Å². The smallest absolute Gasteiger partial charge is 0.264 e. The van der Waals surface area contributed by atoms with Crippen LogP contribution in [0.2, 0.25) is 0 Å². The molecule has 4 nitrogen and oxygen atoms in total. The Labute approximate surface area is 187 Å². The summed E-state index contributed by atoms with van der Waals surface area (Å²) in [6.45, 7) is 6.45. The fourth-order valence-electron chi connectivity index (χ4n) is 4.10. The number of fused-ring (bicyclic) bond motifs is 1. The largest absolute Gasteiger partial charge is 0.375 e. The van der Waals surface area contributed by atoms with Gasteiger partial charge in [0, 0.05) is 11.1 Å². The summed E-state index contributed by atoms with van der Waals surface area (Å²) in [4.78, 5) is 27.9. The summed E-state index contributed by atoms with van der Waals surface area (Å²) in [5.41, 5.74) is 1.25. The van der Waals surface area contributed by atoms with Crippen LogP contribution in [0, 0.1) is 5.82 Å². The zero-order valence-corrected chi connectivity index (χ0v) is 18.4. The average Bonchev–Trinajstić information content (AvgIpc) is 2.97. The first-order chi connectivity index (χ1) is 15.1. The van der Waals surface area contributed by atoms with E-state index in [1.807, 2.05) is 12.1 Å². The van der Waals surface area contributed by atoms with E-state index in [4.69, 9.17) is 0 Å². The molecule has 5 heteroatoms. The monoisotopic (exact) mass is 431 g/mol. The number of Topliss-reactive ketones (excluding diaryl/α,β-unsaturated/α-hetero) is 1. The van der Waals surface area contributed by atoms with E-state index < -0.39 is 11.5 Å². The zero-order chi connectivity index (χ0) is 23.1. The molecule has 4 rings (SSSR count). The molecular weight excluding hydrogens is 405 g/mol. The minimum atomic E-state index is -1.95. The van der Waals surface area contributed by atoms with Crippen molar-refractivity contribution in [3.05, 3.63) is 101 Å². The second-order valence-corrected chi connectivity index (χ2v) is 9.32. The Morgan fingerprint density at radius 3 is 2.22 bits per heavy atom. The molecule has 0 spiro atoms. The summed E-state index contributed by atoms with van der Waals surface area (Å²) >= 11 is 0. The summed E-state index contributed by atoms with van der Waals surface area (Å²) < 4.78 is 13.3. The summed E-state index contributed by atoms with van der Waals surface area (Å²) in [7, 11) is 0. The van der Waals surface area contributed by atoms with Gasteiger partial charge in [0.1, 0.15) is 5.82 Å². The Morgan fingerprint density at radius 1 is 0.969 bits per heavy atom. The Morgan fingerprint density at radius 2 is 1.59 bits per heavy atom. The predicted octanol–water partition coefficient (Wildman–Crippen LogP) is 5.13. The molecule has 0 unspecified atom stereocenters. The Bertz CT molecular complexity index is 1160. The molecule has 0 bridgehead atoms. The van der Waals surface area contributed by atoms with E-state index in [9.17, 15) is 19.1 Å². The molecule has 0 aromatic heterocycles. The maximum atomic E-state index is 13.4. The third-order valence-corrected chi connectivity index (χ3v) is 5.98. The van der Waals surface area contributed by atoms with Crippen molar-refractivity contribution in [2.45, 2.75) is 44.8 Å². The van der Waals surface area contributed by atoms with Gasteiger partial charge in [-0.2, -0.15) is 0 Å². The van der Waals surface area contributed by atoms with Crippen LogP contribution in [-0.4, -0.2) is 16.8 Å². The molecule has 0 radical (unpaired) electrons. The maximum Gasteiger partial charge on any atom is 0.264 e. The van der Waals surface area contributed by atoms with Crippen LogP contribution in [0.25, 0.3) is 0 Å². The fraction of sp³-hybridized carbons (Fsp3) is 0.259. The van der Waals surface area contributed by atoms with E-state index in [0.29, 0.717) is 16.8 Å². The first-order valence-electron chi connectivity index (χ1n) is 10.6. The van der Waals surface area contributed by atoms with Crippen LogP contribution in [0.3, 0.4) is 0 Å². The summed E-state index contributed by atoms with van der Waals surface area (Å²) in [6, 6.07) is 20.1. The first kappa shape index (κ1) is 21.9. The van der Waals surface area contributed by atoms with Crippen LogP contribution < -0.4 is 4.90 Å². The third-order valence-electron chi connectivity index (χ3n) is 5.98. The van der Waals surface area contributed by atoms with Gasteiger partial charge in [-0.3, -0.25) is 9.59 Å². The van der Waals surface area contributed by atoms with E-state index in [1.165, 1.54) is 17.0 Å². The lowest BCUT2D eigenvalue weighted by molar-refractivity contribution is -0.136. The van der Waals surface area contributed by atoms with Gasteiger partial charge in [0.05, 0.1) is 18.7 Å². The first-order valence-corrected chi connectivity index (χ1v) is 10.6. The van der Waals surface area contributed by atoms with Crippen LogP contribution in [0.1, 0.15) is 54.2 Å². The fourth-order valence-corrected chi connectivity index (χ4v) is 4.10. The standard InChI is InChI=1S/C27H26FNO3/c1-26(2,3)20-12-10-19(11-13-20)24(30)16-27(32)22-6-4-5-7-23(22)29(25(27)31)17-18-8-14-21(28)15-9-18/h4-15,32H,16-17H2,1-3H3/t27-/m0/s1. The molecule has 3 aromatic carbocycles. The van der Waals surface area contributed by atoms with Gasteiger partial charge >= 0.3 is 0 Å². The number of carbonyl (C=O) groups excluding carboxylic acids is 2. The summed E-state index contributed by atoms with van der Waals surface area (Å²) in [5, 5.41) is 11.4. The maximum absolute atomic E-state index is 13.4. The Hall–Kier alpha value is -3.31. The zero-order valence-electron chi connectivity index (χ0n) is 18.4. The lowest BCUT2D eigenvalue weighted by Gasteiger charge is -2.23. The van der Waals surface area contributed by atoms with Gasteiger partial charge in [-0.05, 0) is 34.7 Å². The number of amides is 1. The quantitative estimate of drug-likeness (QED) is 0.570. The van der Waals surface area contributed by atoms with Gasteiger partial charge in [-0.25, -0.2) is 4.39 Å². The molecule has 0 saturated carbocycles. The van der Waals surface area contributed by atoms with E-state index >= 15 is 0 Å². The molecule has 1 amide bonds. The molecule has 164 valence electrons. The number of rotatable bonds is 5. The van der Waals surface area contributed by atoms with Crippen LogP contribution in [0.5, 0.6) is 0 Å². The number of hydrogen-bond acceptors (Lipinski definition) is 3. The highest BCUT2D eigenvalue weighted by atomic mass is 19.1. The lowest BCUT2D eigenvalue weighted by atomic mass is 9.85. The topological polar surface area (TPSA) is 57.6 Å². The van der Waals surface area contributed by atoms with Crippen molar-refractivity contribution in [3.8, 4) is 0 Å². The second-order valence-electron chi connectivity index (χ2n) is 9.32. The number of para-hydroxylation sites is 1. The van der Waals surface area contributed by atoms with Crippen LogP contribution >= 0.6 is 0 Å². The molecule has 1 heterocycles. The van der Waals surface area contributed by atoms with Crippen LogP contribution in [0.15, 0.2) is 72.8 Å². The van der Waals surface area contributed by atoms with E-state index in [1.54, 1.807) is 48.5 Å². The van der Waals surface area contributed by atoms with E-state index in [0.717, 1.165) is 11.1 Å². The number of ketones is 1. The van der Waals surface area contributed by atoms with E-state index in [-0.39, 0.29) is 30.0 Å². The minimum Gasteiger partial charge on any atom is -0.375 e. The van der Waals surface area contributed by atoms with Crippen molar-refractivity contribution < 1.29 is 19.1 Å². The van der Waals surface area contributed by atoms with Crippen LogP contribution in [0.4, 0.5) is 10.1 Å². The summed E-state index contributed by atoms with van der Waals surface area (Å²) in [5.74, 6) is -1.22. The molecule has 32 heavy (non-hydrogen) atoms. The number of aliphatic hydroxyl groups is 1. The molecule has 1 aliphatic rings. The van der Waals surface area contributed by atoms with E-state index in [2.05, 4.69) is 20.8 Å². The van der Waals surface area contributed by atoms with Gasteiger partial charge in [0.25, 0.3) is 5.91 Å². The van der Waals surface area contributed by atoms with Gasteiger partial charge in [-0.1, -0.05) is 75.4 Å². The Kier molecular flexibility index (Phi) is 5.47. The van der Waals surface area contributed by atoms with Crippen molar-refractivity contribution in [2.75, 3.05) is 4.90 Å². The molecule has 0 aliphatic carbocycles. The molecule has 0 fully saturated rings. The summed E-state index contributed by atoms with van der Waals surface area (Å²) in [6.07, 6.45) is -0.350. The van der Waals surface area contributed by atoms with Gasteiger partial charge < -0.3 is 10.0 Å². The van der Waals surface area contributed by atoms with Crippen molar-refractivity contribution in [3.63, 3.8) is 0 Å². The SMILES string of the molecule is CC(C)(C)c1ccc(C(=O)C[C@@]2(O)C(=O)N(Cc3ccc(F)cc3)c3ccccc32)cc1. The molecule has 1 aliphatic heterocycles. The molecule has 1 atom stereocenters. The lowest BCUT2D eigenvalue weighted by Crippen LogP contribution is -2.41. The van der Waals surface area contributed by atoms with Gasteiger partial charge in [-0.15, -0.1) is 0 Å². The van der Waals surface area contributed by atoms with Crippen LogP contribution in [-0.2, 0) is 22.4 Å². The van der Waals surface area contributed by atoms with Crippen molar-refractivity contribution >= 4 is 17.4 Å². The number of halogens is 1. The second kappa shape index (κ2) is 7.99. The predicted molar refractivity (Wildman–Crippen MR) is 122 cm³/mol. The van der Waals surface area contributed by atoms with Gasteiger partial charge in [0.2, 0.25) is 0 Å². The normalized spacial score (nSPS) is 18.0. The average molecular weight is 432 g/mol. The Balaban J connectivity index is 1.62. The minimum absolute atomic E-state index is 0.0407. The number of anilines is 1. The number of carbonyl (C=O) groups is 2. The third kappa shape index (κ3) is 3.96. The van der Waals surface area contributed by atoms with Crippen molar-refractivity contribution in [1.82, 2.24) is 0 Å². The number of benzene rings is 3. The highest BCUT2D eigenvalue weighted by Crippen LogP contribution is 2.43.